The maximum Gasteiger partial charge on any atom is 0.219 e. The molecule has 0 aliphatic carbocycles. The highest BCUT2D eigenvalue weighted by atomic mass is 32.2. The Labute approximate surface area is 112 Å². The Balaban J connectivity index is 1.78. The largest absolute Gasteiger partial charge is 0.496 e. The fraction of sp³-hybridized carbons (Fsp3) is 0.400. The van der Waals surface area contributed by atoms with Gasteiger partial charge in [-0.25, -0.2) is 0 Å². The van der Waals surface area contributed by atoms with Crippen LogP contribution in [-0.2, 0) is 16.0 Å². The summed E-state index contributed by atoms with van der Waals surface area (Å²) in [5.41, 5.74) is 2.11. The van der Waals surface area contributed by atoms with E-state index in [4.69, 9.17) is 4.74 Å². The maximum absolute atomic E-state index is 11.5. The zero-order valence-electron chi connectivity index (χ0n) is 10.8. The lowest BCUT2D eigenvalue weighted by atomic mass is 10.1. The van der Waals surface area contributed by atoms with Crippen LogP contribution in [0.5, 0.6) is 0 Å². The molecule has 0 spiro atoms. The van der Waals surface area contributed by atoms with Crippen molar-refractivity contribution >= 4 is 16.9 Å². The molecule has 1 heterocycles. The first kappa shape index (κ1) is 13.2. The van der Waals surface area contributed by atoms with Gasteiger partial charge in [0.25, 0.3) is 0 Å². The van der Waals surface area contributed by atoms with Gasteiger partial charge in [0.15, 0.2) is 0 Å². The van der Waals surface area contributed by atoms with Gasteiger partial charge in [0.05, 0.1) is 11.9 Å². The Kier molecular flexibility index (Phi) is 4.48. The van der Waals surface area contributed by atoms with Crippen LogP contribution < -0.4 is 0 Å². The number of aryl methyl sites for hydroxylation is 1. The summed E-state index contributed by atoms with van der Waals surface area (Å²) < 4.78 is 5.76. The minimum atomic E-state index is 0.153. The van der Waals surface area contributed by atoms with Crippen molar-refractivity contribution in [2.75, 3.05) is 6.61 Å². The molecule has 1 aliphatic heterocycles. The van der Waals surface area contributed by atoms with Gasteiger partial charge in [-0.1, -0.05) is 42.1 Å². The Bertz CT molecular complexity index is 451. The fourth-order valence-electron chi connectivity index (χ4n) is 2.04. The van der Waals surface area contributed by atoms with Crippen molar-refractivity contribution in [3.63, 3.8) is 0 Å². The van der Waals surface area contributed by atoms with Crippen LogP contribution in [0.25, 0.3) is 0 Å². The Morgan fingerprint density at radius 2 is 2.00 bits per heavy atom. The molecule has 1 aromatic rings. The Hall–Kier alpha value is -1.22. The molecule has 3 heteroatoms. The number of ether oxygens (including phenoxy) is 1. The summed E-state index contributed by atoms with van der Waals surface area (Å²) in [5.74, 6) is 0.873. The Morgan fingerprint density at radius 1 is 1.28 bits per heavy atom. The van der Waals surface area contributed by atoms with Gasteiger partial charge in [-0.15, -0.1) is 0 Å². The molecule has 0 fully saturated rings. The number of benzene rings is 1. The van der Waals surface area contributed by atoms with Crippen LogP contribution >= 0.6 is 11.8 Å². The van der Waals surface area contributed by atoms with Crippen molar-refractivity contribution in [2.45, 2.75) is 31.9 Å². The van der Waals surface area contributed by atoms with Crippen molar-refractivity contribution < 1.29 is 9.53 Å². The topological polar surface area (TPSA) is 26.3 Å². The zero-order chi connectivity index (χ0) is 13.0. The number of hydrogen-bond acceptors (Lipinski definition) is 3. The molecule has 1 unspecified atom stereocenters. The van der Waals surface area contributed by atoms with Gasteiger partial charge in [0.2, 0.25) is 5.12 Å². The summed E-state index contributed by atoms with van der Waals surface area (Å²) in [5, 5.41) is 0.329. The number of carbonyl (C=O) groups is 1. The molecule has 2 rings (SSSR count). The van der Waals surface area contributed by atoms with Crippen LogP contribution in [0.1, 0.15) is 25.8 Å². The first-order chi connectivity index (χ1) is 8.68. The van der Waals surface area contributed by atoms with E-state index in [0.29, 0.717) is 6.61 Å². The summed E-state index contributed by atoms with van der Waals surface area (Å²) in [7, 11) is 0. The van der Waals surface area contributed by atoms with Gasteiger partial charge in [-0.05, 0) is 32.3 Å². The molecule has 1 aliphatic rings. The highest BCUT2D eigenvalue weighted by molar-refractivity contribution is 8.15. The summed E-state index contributed by atoms with van der Waals surface area (Å²) in [4.78, 5) is 11.5. The highest BCUT2D eigenvalue weighted by Crippen LogP contribution is 2.33. The first-order valence-corrected chi connectivity index (χ1v) is 7.15. The second kappa shape index (κ2) is 6.10. The second-order valence-electron chi connectivity index (χ2n) is 4.47. The standard InChI is InChI=1S/C15H18O2S/c1-11-14(12(2)18-15(11)16)17-10-6-9-13-7-4-3-5-8-13/h3-5,7-8,12H,6,9-10H2,1-2H3. The monoisotopic (exact) mass is 262 g/mol. The maximum atomic E-state index is 11.5. The lowest BCUT2D eigenvalue weighted by Crippen LogP contribution is -2.04. The fourth-order valence-corrected chi connectivity index (χ4v) is 2.99. The summed E-state index contributed by atoms with van der Waals surface area (Å²) in [6.07, 6.45) is 2.00. The molecular weight excluding hydrogens is 244 g/mol. The van der Waals surface area contributed by atoms with Gasteiger partial charge in [-0.2, -0.15) is 0 Å². The van der Waals surface area contributed by atoms with Crippen LogP contribution in [0, 0.1) is 0 Å². The number of thioether (sulfide) groups is 1. The zero-order valence-corrected chi connectivity index (χ0v) is 11.6. The molecule has 0 radical (unpaired) electrons. The van der Waals surface area contributed by atoms with E-state index in [1.165, 1.54) is 17.3 Å². The summed E-state index contributed by atoms with van der Waals surface area (Å²) in [6, 6.07) is 10.4. The van der Waals surface area contributed by atoms with Crippen molar-refractivity contribution in [2.24, 2.45) is 0 Å². The van der Waals surface area contributed by atoms with Gasteiger partial charge in [0, 0.05) is 5.57 Å². The van der Waals surface area contributed by atoms with Crippen molar-refractivity contribution in [1.82, 2.24) is 0 Å². The lowest BCUT2D eigenvalue weighted by Gasteiger charge is -2.11. The molecule has 0 bridgehead atoms. The molecule has 0 saturated heterocycles. The normalized spacial score (nSPS) is 19.4. The molecule has 0 N–H and O–H groups in total. The second-order valence-corrected chi connectivity index (χ2v) is 5.79. The predicted molar refractivity (Wildman–Crippen MR) is 75.5 cm³/mol. The van der Waals surface area contributed by atoms with E-state index in [1.54, 1.807) is 0 Å². The summed E-state index contributed by atoms with van der Waals surface area (Å²) >= 11 is 1.35. The van der Waals surface area contributed by atoms with Crippen molar-refractivity contribution in [1.29, 1.82) is 0 Å². The van der Waals surface area contributed by atoms with Crippen LogP contribution in [0.4, 0.5) is 0 Å². The SMILES string of the molecule is CC1=C(OCCCc2ccccc2)C(C)SC1=O. The average molecular weight is 262 g/mol. The summed E-state index contributed by atoms with van der Waals surface area (Å²) in [6.45, 7) is 4.55. The van der Waals surface area contributed by atoms with E-state index in [0.717, 1.165) is 24.2 Å². The molecule has 1 atom stereocenters. The third-order valence-electron chi connectivity index (χ3n) is 3.04. The minimum absolute atomic E-state index is 0.153. The van der Waals surface area contributed by atoms with Crippen LogP contribution in [-0.4, -0.2) is 17.0 Å². The quantitative estimate of drug-likeness (QED) is 0.759. The molecule has 0 aromatic heterocycles. The average Bonchev–Trinajstić information content (AvgIpc) is 2.61. The molecular formula is C15H18O2S. The lowest BCUT2D eigenvalue weighted by molar-refractivity contribution is -0.107. The molecule has 2 nitrogen and oxygen atoms in total. The van der Waals surface area contributed by atoms with Crippen LogP contribution in [0.15, 0.2) is 41.7 Å². The van der Waals surface area contributed by atoms with E-state index in [9.17, 15) is 4.79 Å². The Morgan fingerprint density at radius 3 is 2.61 bits per heavy atom. The van der Waals surface area contributed by atoms with E-state index in [1.807, 2.05) is 19.9 Å². The molecule has 1 aromatic carbocycles. The third kappa shape index (κ3) is 3.16. The van der Waals surface area contributed by atoms with Crippen molar-refractivity contribution in [3.05, 3.63) is 47.2 Å². The van der Waals surface area contributed by atoms with Gasteiger partial charge >= 0.3 is 0 Å². The minimum Gasteiger partial charge on any atom is -0.496 e. The van der Waals surface area contributed by atoms with E-state index in [-0.39, 0.29) is 10.4 Å². The first-order valence-electron chi connectivity index (χ1n) is 6.27. The van der Waals surface area contributed by atoms with Gasteiger partial charge in [0.1, 0.15) is 5.76 Å². The molecule has 0 saturated carbocycles. The van der Waals surface area contributed by atoms with Crippen molar-refractivity contribution in [3.8, 4) is 0 Å². The van der Waals surface area contributed by atoms with Gasteiger partial charge in [-0.3, -0.25) is 4.79 Å². The molecule has 96 valence electrons. The highest BCUT2D eigenvalue weighted by Gasteiger charge is 2.28. The molecule has 0 amide bonds. The van der Waals surface area contributed by atoms with E-state index >= 15 is 0 Å². The van der Waals surface area contributed by atoms with Crippen LogP contribution in [0.2, 0.25) is 0 Å². The van der Waals surface area contributed by atoms with Gasteiger partial charge < -0.3 is 4.74 Å². The van der Waals surface area contributed by atoms with E-state index < -0.39 is 0 Å². The van der Waals surface area contributed by atoms with E-state index in [2.05, 4.69) is 24.3 Å². The number of carbonyl (C=O) groups excluding carboxylic acids is 1. The van der Waals surface area contributed by atoms with Crippen LogP contribution in [0.3, 0.4) is 0 Å². The number of rotatable bonds is 5. The smallest absolute Gasteiger partial charge is 0.219 e. The number of hydrogen-bond donors (Lipinski definition) is 0. The third-order valence-corrected chi connectivity index (χ3v) is 4.13. The molecule has 18 heavy (non-hydrogen) atoms. The predicted octanol–water partition coefficient (Wildman–Crippen LogP) is 3.57.